The molecule has 2 aromatic rings. The minimum absolute atomic E-state index is 0.0642. The van der Waals surface area contributed by atoms with Crippen molar-refractivity contribution in [3.05, 3.63) is 58.6 Å². The molecule has 126 valence electrons. The fourth-order valence-corrected chi connectivity index (χ4v) is 2.82. The van der Waals surface area contributed by atoms with Gasteiger partial charge < -0.3 is 15.5 Å². The topological polar surface area (TPSA) is 61.4 Å². The molecule has 0 aliphatic heterocycles. The number of aryl methyl sites for hydroxylation is 1. The number of halogens is 1. The maximum Gasteiger partial charge on any atom is 0.319 e. The molecule has 0 saturated carbocycles. The van der Waals surface area contributed by atoms with Crippen LogP contribution in [-0.4, -0.2) is 25.0 Å². The van der Waals surface area contributed by atoms with E-state index in [1.807, 2.05) is 55.5 Å². The highest BCUT2D eigenvalue weighted by molar-refractivity contribution is 9.10. The molecule has 2 N–H and O–H groups in total. The third kappa shape index (κ3) is 5.09. The summed E-state index contributed by atoms with van der Waals surface area (Å²) in [5, 5.41) is 5.51. The van der Waals surface area contributed by atoms with Gasteiger partial charge in [0, 0.05) is 35.9 Å². The summed E-state index contributed by atoms with van der Waals surface area (Å²) in [4.78, 5) is 25.5. The van der Waals surface area contributed by atoms with E-state index in [1.165, 1.54) is 6.92 Å². The van der Waals surface area contributed by atoms with Gasteiger partial charge in [0.05, 0.1) is 0 Å². The van der Waals surface area contributed by atoms with Crippen LogP contribution in [0, 0.1) is 6.92 Å². The summed E-state index contributed by atoms with van der Waals surface area (Å²) in [7, 11) is 0. The molecule has 0 aliphatic rings. The Hall–Kier alpha value is -2.34. The molecular weight excluding hydrogens is 370 g/mol. The van der Waals surface area contributed by atoms with E-state index in [-0.39, 0.29) is 11.9 Å². The maximum absolute atomic E-state index is 11.9. The van der Waals surface area contributed by atoms with Crippen molar-refractivity contribution in [3.8, 4) is 0 Å². The molecule has 0 bridgehead atoms. The summed E-state index contributed by atoms with van der Waals surface area (Å²) >= 11 is 3.42. The van der Waals surface area contributed by atoms with Gasteiger partial charge >= 0.3 is 6.03 Å². The predicted molar refractivity (Wildman–Crippen MR) is 100 cm³/mol. The number of hydrogen-bond donors (Lipinski definition) is 2. The Labute approximate surface area is 150 Å². The second-order valence-corrected chi connectivity index (χ2v) is 6.26. The minimum atomic E-state index is -0.294. The standard InChI is InChI=1S/C18H20BrN3O2/c1-13-12-15(19)8-9-17(13)22(14(2)23)11-10-20-18(24)21-16-6-4-3-5-7-16/h3-9,12H,10-11H2,1-2H3,(H2,20,21,24). The van der Waals surface area contributed by atoms with Gasteiger partial charge in [0.25, 0.3) is 0 Å². The average molecular weight is 390 g/mol. The van der Waals surface area contributed by atoms with Crippen molar-refractivity contribution >= 4 is 39.2 Å². The molecule has 3 amide bonds. The maximum atomic E-state index is 11.9. The van der Waals surface area contributed by atoms with Gasteiger partial charge in [0.2, 0.25) is 5.91 Å². The average Bonchev–Trinajstić information content (AvgIpc) is 2.53. The molecule has 0 heterocycles. The highest BCUT2D eigenvalue weighted by Crippen LogP contribution is 2.23. The number of carbonyl (C=O) groups is 2. The highest BCUT2D eigenvalue weighted by atomic mass is 79.9. The summed E-state index contributed by atoms with van der Waals surface area (Å²) in [6, 6.07) is 14.7. The molecule has 0 aromatic heterocycles. The van der Waals surface area contributed by atoms with Crippen molar-refractivity contribution in [3.63, 3.8) is 0 Å². The third-order valence-corrected chi connectivity index (χ3v) is 3.98. The van der Waals surface area contributed by atoms with Crippen molar-refractivity contribution in [1.29, 1.82) is 0 Å². The molecule has 0 saturated heterocycles. The Kier molecular flexibility index (Phi) is 6.37. The van der Waals surface area contributed by atoms with Crippen LogP contribution in [0.5, 0.6) is 0 Å². The molecule has 0 unspecified atom stereocenters. The first-order valence-corrected chi connectivity index (χ1v) is 8.41. The summed E-state index contributed by atoms with van der Waals surface area (Å²) in [6.45, 7) is 4.23. The minimum Gasteiger partial charge on any atom is -0.336 e. The first kappa shape index (κ1) is 18.0. The largest absolute Gasteiger partial charge is 0.336 e. The molecule has 24 heavy (non-hydrogen) atoms. The number of anilines is 2. The molecule has 0 radical (unpaired) electrons. The number of hydrogen-bond acceptors (Lipinski definition) is 2. The monoisotopic (exact) mass is 389 g/mol. The quantitative estimate of drug-likeness (QED) is 0.813. The smallest absolute Gasteiger partial charge is 0.319 e. The molecular formula is C18H20BrN3O2. The Morgan fingerprint density at radius 1 is 1.12 bits per heavy atom. The number of amides is 3. The second-order valence-electron chi connectivity index (χ2n) is 5.35. The molecule has 0 fully saturated rings. The molecule has 0 atom stereocenters. The van der Waals surface area contributed by atoms with E-state index in [0.717, 1.165) is 21.4 Å². The first-order chi connectivity index (χ1) is 11.5. The number of nitrogens with zero attached hydrogens (tertiary/aromatic N) is 1. The van der Waals surface area contributed by atoms with Crippen molar-refractivity contribution in [2.24, 2.45) is 0 Å². The molecule has 6 heteroatoms. The van der Waals surface area contributed by atoms with Gasteiger partial charge in [-0.05, 0) is 42.8 Å². The lowest BCUT2D eigenvalue weighted by Crippen LogP contribution is -2.39. The van der Waals surface area contributed by atoms with Crippen molar-refractivity contribution < 1.29 is 9.59 Å². The van der Waals surface area contributed by atoms with Crippen LogP contribution in [0.2, 0.25) is 0 Å². The number of urea groups is 1. The third-order valence-electron chi connectivity index (χ3n) is 3.48. The zero-order valence-electron chi connectivity index (χ0n) is 13.7. The highest BCUT2D eigenvalue weighted by Gasteiger charge is 2.14. The number of rotatable bonds is 5. The number of para-hydroxylation sites is 1. The van der Waals surface area contributed by atoms with Crippen LogP contribution >= 0.6 is 15.9 Å². The van der Waals surface area contributed by atoms with Gasteiger partial charge in [-0.15, -0.1) is 0 Å². The van der Waals surface area contributed by atoms with Gasteiger partial charge in [-0.1, -0.05) is 34.1 Å². The van der Waals surface area contributed by atoms with E-state index >= 15 is 0 Å². The van der Waals surface area contributed by atoms with Gasteiger partial charge in [0.1, 0.15) is 0 Å². The van der Waals surface area contributed by atoms with E-state index in [2.05, 4.69) is 26.6 Å². The van der Waals surface area contributed by atoms with E-state index < -0.39 is 0 Å². The lowest BCUT2D eigenvalue weighted by Gasteiger charge is -2.23. The molecule has 0 spiro atoms. The van der Waals surface area contributed by atoms with Crippen LogP contribution in [0.4, 0.5) is 16.2 Å². The van der Waals surface area contributed by atoms with Crippen LogP contribution in [0.15, 0.2) is 53.0 Å². The molecule has 2 aromatic carbocycles. The molecule has 2 rings (SSSR count). The predicted octanol–water partition coefficient (Wildman–Crippen LogP) is 3.93. The molecule has 0 aliphatic carbocycles. The number of carbonyl (C=O) groups excluding carboxylic acids is 2. The van der Waals surface area contributed by atoms with Crippen molar-refractivity contribution in [2.75, 3.05) is 23.3 Å². The summed E-state index contributed by atoms with van der Waals surface area (Å²) in [5.74, 6) is -0.0642. The van der Waals surface area contributed by atoms with Gasteiger partial charge in [0.15, 0.2) is 0 Å². The van der Waals surface area contributed by atoms with Crippen LogP contribution in [0.3, 0.4) is 0 Å². The van der Waals surface area contributed by atoms with Gasteiger partial charge in [-0.2, -0.15) is 0 Å². The normalized spacial score (nSPS) is 10.1. The summed E-state index contributed by atoms with van der Waals surface area (Å²) in [5.41, 5.74) is 2.56. The van der Waals surface area contributed by atoms with E-state index in [1.54, 1.807) is 4.90 Å². The van der Waals surface area contributed by atoms with Crippen LogP contribution in [0.25, 0.3) is 0 Å². The van der Waals surface area contributed by atoms with Crippen LogP contribution < -0.4 is 15.5 Å². The van der Waals surface area contributed by atoms with Crippen LogP contribution in [0.1, 0.15) is 12.5 Å². The summed E-state index contributed by atoms with van der Waals surface area (Å²) in [6.07, 6.45) is 0. The SMILES string of the molecule is CC(=O)N(CCNC(=O)Nc1ccccc1)c1ccc(Br)cc1C. The first-order valence-electron chi connectivity index (χ1n) is 7.61. The second kappa shape index (κ2) is 8.49. The van der Waals surface area contributed by atoms with Gasteiger partial charge in [-0.25, -0.2) is 4.79 Å². The number of nitrogens with one attached hydrogen (secondary N) is 2. The zero-order chi connectivity index (χ0) is 17.5. The van der Waals surface area contributed by atoms with E-state index in [4.69, 9.17) is 0 Å². The fourth-order valence-electron chi connectivity index (χ4n) is 2.35. The van der Waals surface area contributed by atoms with E-state index in [0.29, 0.717) is 13.1 Å². The van der Waals surface area contributed by atoms with Crippen LogP contribution in [-0.2, 0) is 4.79 Å². The lowest BCUT2D eigenvalue weighted by molar-refractivity contribution is -0.116. The van der Waals surface area contributed by atoms with Crippen molar-refractivity contribution in [1.82, 2.24) is 5.32 Å². The number of benzene rings is 2. The lowest BCUT2D eigenvalue weighted by atomic mass is 10.2. The fraction of sp³-hybridized carbons (Fsp3) is 0.222. The molecule has 5 nitrogen and oxygen atoms in total. The Balaban J connectivity index is 1.92. The van der Waals surface area contributed by atoms with Crippen molar-refractivity contribution in [2.45, 2.75) is 13.8 Å². The van der Waals surface area contributed by atoms with E-state index in [9.17, 15) is 9.59 Å². The summed E-state index contributed by atoms with van der Waals surface area (Å²) < 4.78 is 0.965. The Morgan fingerprint density at radius 3 is 2.46 bits per heavy atom. The Morgan fingerprint density at radius 2 is 1.83 bits per heavy atom. The Bertz CT molecular complexity index is 719. The zero-order valence-corrected chi connectivity index (χ0v) is 15.3. The van der Waals surface area contributed by atoms with Gasteiger partial charge in [-0.3, -0.25) is 4.79 Å².